The minimum Gasteiger partial charge on any atom is -0.369 e. The largest absolute Gasteiger partial charge is 0.369 e. The monoisotopic (exact) mass is 496 g/mol. The Morgan fingerprint density at radius 3 is 2.75 bits per heavy atom. The van der Waals surface area contributed by atoms with E-state index in [4.69, 9.17) is 10.5 Å². The van der Waals surface area contributed by atoms with Crippen LogP contribution in [-0.2, 0) is 28.0 Å². The zero-order valence-electron chi connectivity index (χ0n) is 17.4. The molecule has 2 aliphatic rings. The van der Waals surface area contributed by atoms with Crippen molar-refractivity contribution >= 4 is 42.1 Å². The summed E-state index contributed by atoms with van der Waals surface area (Å²) in [5.74, 6) is -0.0121. The van der Waals surface area contributed by atoms with Crippen LogP contribution in [0.1, 0.15) is 29.0 Å². The number of carbonyl (C=O) groups excluding carboxylic acids is 1. The summed E-state index contributed by atoms with van der Waals surface area (Å²) >= 11 is 1.75. The lowest BCUT2D eigenvalue weighted by molar-refractivity contribution is -0.141. The average Bonchev–Trinajstić information content (AvgIpc) is 3.45. The maximum absolute atomic E-state index is 12.8. The predicted octanol–water partition coefficient (Wildman–Crippen LogP) is 2.73. The Hall–Kier alpha value is -2.04. The van der Waals surface area contributed by atoms with Crippen LogP contribution >= 0.6 is 36.2 Å². The molecule has 3 N–H and O–H groups in total. The molecule has 0 aliphatic carbocycles. The number of ether oxygens (including phenoxy) is 1. The maximum Gasteiger partial charge on any atom is 0.239 e. The number of aromatic amines is 1. The Morgan fingerprint density at radius 2 is 2.06 bits per heavy atom. The molecule has 172 valence electrons. The van der Waals surface area contributed by atoms with Gasteiger partial charge < -0.3 is 20.4 Å². The van der Waals surface area contributed by atoms with Crippen molar-refractivity contribution in [1.82, 2.24) is 24.8 Å². The molecule has 0 unspecified atom stereocenters. The number of aromatic nitrogens is 4. The van der Waals surface area contributed by atoms with Crippen LogP contribution in [-0.4, -0.2) is 56.5 Å². The number of H-pyrrole nitrogens is 1. The number of nitrogens with one attached hydrogen (secondary N) is 1. The van der Waals surface area contributed by atoms with Gasteiger partial charge >= 0.3 is 0 Å². The standard InChI is InChI=1S/C21H24N6O2S.2ClH/c22-16(10-15-11-24-13-26-15)20(28)27-6-2-21(3-7-27)19-14(1-8-29-21)9-18(30-19)17-12-23-4-5-25-17;;/h4-5,9,11-13,16H,1-3,6-8,10,22H2,(H,24,26);2*1H/t16-;;/m0../s1. The molecule has 1 fully saturated rings. The van der Waals surface area contributed by atoms with Crippen LogP contribution in [0.5, 0.6) is 0 Å². The second-order valence-corrected chi connectivity index (χ2v) is 8.91. The van der Waals surface area contributed by atoms with Crippen molar-refractivity contribution in [3.63, 3.8) is 0 Å². The molecule has 2 aliphatic heterocycles. The summed E-state index contributed by atoms with van der Waals surface area (Å²) in [6.45, 7) is 2.00. The van der Waals surface area contributed by atoms with E-state index in [2.05, 4.69) is 26.0 Å². The summed E-state index contributed by atoms with van der Waals surface area (Å²) in [5, 5.41) is 0. The van der Waals surface area contributed by atoms with Gasteiger partial charge in [-0.1, -0.05) is 0 Å². The summed E-state index contributed by atoms with van der Waals surface area (Å²) in [4.78, 5) is 32.8. The smallest absolute Gasteiger partial charge is 0.239 e. The Balaban J connectivity index is 0.00000144. The Labute approximate surface area is 202 Å². The number of thiophene rings is 1. The zero-order valence-corrected chi connectivity index (χ0v) is 19.8. The van der Waals surface area contributed by atoms with E-state index in [9.17, 15) is 4.79 Å². The third kappa shape index (κ3) is 4.67. The molecular weight excluding hydrogens is 471 g/mol. The lowest BCUT2D eigenvalue weighted by Crippen LogP contribution is -2.52. The van der Waals surface area contributed by atoms with Gasteiger partial charge in [0, 0.05) is 48.7 Å². The van der Waals surface area contributed by atoms with Crippen LogP contribution in [0, 0.1) is 0 Å². The molecule has 11 heteroatoms. The quantitative estimate of drug-likeness (QED) is 0.574. The van der Waals surface area contributed by atoms with Gasteiger partial charge in [0.15, 0.2) is 0 Å². The molecule has 32 heavy (non-hydrogen) atoms. The molecule has 5 rings (SSSR count). The number of nitrogens with zero attached hydrogens (tertiary/aromatic N) is 4. The highest BCUT2D eigenvalue weighted by Crippen LogP contribution is 2.47. The van der Waals surface area contributed by atoms with Gasteiger partial charge in [0.25, 0.3) is 0 Å². The molecule has 0 bridgehead atoms. The Bertz CT molecular complexity index is 1020. The Morgan fingerprint density at radius 1 is 1.25 bits per heavy atom. The number of piperidine rings is 1. The van der Waals surface area contributed by atoms with Crippen LogP contribution in [0.4, 0.5) is 0 Å². The van der Waals surface area contributed by atoms with Crippen molar-refractivity contribution in [2.75, 3.05) is 19.7 Å². The van der Waals surface area contributed by atoms with E-state index < -0.39 is 6.04 Å². The molecule has 5 heterocycles. The second-order valence-electron chi connectivity index (χ2n) is 7.86. The van der Waals surface area contributed by atoms with Crippen LogP contribution < -0.4 is 5.73 Å². The van der Waals surface area contributed by atoms with Gasteiger partial charge in [-0.05, 0) is 30.9 Å². The van der Waals surface area contributed by atoms with Gasteiger partial charge in [0.05, 0.1) is 35.7 Å². The topological polar surface area (TPSA) is 110 Å². The number of rotatable bonds is 4. The molecule has 1 spiro atoms. The first-order valence-corrected chi connectivity index (χ1v) is 11.0. The molecule has 8 nitrogen and oxygen atoms in total. The van der Waals surface area contributed by atoms with Gasteiger partial charge in [-0.3, -0.25) is 14.8 Å². The first kappa shape index (κ1) is 24.6. The third-order valence-electron chi connectivity index (χ3n) is 5.98. The number of likely N-dealkylation sites (tertiary alicyclic amines) is 1. The van der Waals surface area contributed by atoms with E-state index in [0.717, 1.165) is 35.5 Å². The van der Waals surface area contributed by atoms with E-state index >= 15 is 0 Å². The van der Waals surface area contributed by atoms with Crippen molar-refractivity contribution in [3.8, 4) is 10.6 Å². The molecule has 3 aromatic rings. The van der Waals surface area contributed by atoms with Gasteiger partial charge in [-0.25, -0.2) is 4.98 Å². The van der Waals surface area contributed by atoms with Crippen molar-refractivity contribution in [1.29, 1.82) is 0 Å². The molecular formula is C21H26Cl2N6O2S. The minimum atomic E-state index is -0.563. The van der Waals surface area contributed by atoms with E-state index in [0.29, 0.717) is 26.1 Å². The van der Waals surface area contributed by atoms with Crippen molar-refractivity contribution < 1.29 is 9.53 Å². The minimum absolute atomic E-state index is 0. The lowest BCUT2D eigenvalue weighted by atomic mass is 9.85. The van der Waals surface area contributed by atoms with Gasteiger partial charge in [0.1, 0.15) is 5.60 Å². The number of hydrogen-bond acceptors (Lipinski definition) is 7. The number of halogens is 2. The van der Waals surface area contributed by atoms with Crippen LogP contribution in [0.3, 0.4) is 0 Å². The van der Waals surface area contributed by atoms with Gasteiger partial charge in [-0.2, -0.15) is 0 Å². The van der Waals surface area contributed by atoms with Gasteiger partial charge in [-0.15, -0.1) is 36.2 Å². The number of carbonyl (C=O) groups is 1. The fourth-order valence-corrected chi connectivity index (χ4v) is 5.76. The van der Waals surface area contributed by atoms with E-state index in [1.54, 1.807) is 42.5 Å². The highest BCUT2D eigenvalue weighted by atomic mass is 35.5. The second kappa shape index (κ2) is 10.3. The first-order valence-electron chi connectivity index (χ1n) is 10.2. The molecule has 0 aromatic carbocycles. The number of amides is 1. The summed E-state index contributed by atoms with van der Waals surface area (Å²) in [5.41, 5.74) is 8.96. The SMILES string of the molecule is Cl.Cl.N[C@@H](Cc1cnc[nH]1)C(=O)N1CCC2(CC1)OCCc1cc(-c3cnccn3)sc12. The molecule has 3 aromatic heterocycles. The molecule has 1 amide bonds. The van der Waals surface area contributed by atoms with E-state index in [-0.39, 0.29) is 36.3 Å². The summed E-state index contributed by atoms with van der Waals surface area (Å²) in [6, 6.07) is 1.67. The number of imidazole rings is 1. The van der Waals surface area contributed by atoms with Crippen molar-refractivity contribution in [2.45, 2.75) is 37.3 Å². The van der Waals surface area contributed by atoms with Crippen LogP contribution in [0.15, 0.2) is 37.2 Å². The van der Waals surface area contributed by atoms with Crippen molar-refractivity contribution in [3.05, 3.63) is 53.3 Å². The third-order valence-corrected chi connectivity index (χ3v) is 7.37. The average molecular weight is 497 g/mol. The molecule has 0 saturated carbocycles. The highest BCUT2D eigenvalue weighted by molar-refractivity contribution is 7.15. The lowest BCUT2D eigenvalue weighted by Gasteiger charge is -2.44. The highest BCUT2D eigenvalue weighted by Gasteiger charge is 2.43. The number of nitrogens with two attached hydrogens (primary N) is 1. The van der Waals surface area contributed by atoms with Crippen molar-refractivity contribution in [2.24, 2.45) is 5.73 Å². The summed E-state index contributed by atoms with van der Waals surface area (Å²) in [7, 11) is 0. The van der Waals surface area contributed by atoms with Crippen LogP contribution in [0.2, 0.25) is 0 Å². The Kier molecular flexibility index (Phi) is 7.89. The summed E-state index contributed by atoms with van der Waals surface area (Å²) < 4.78 is 6.35. The van der Waals surface area contributed by atoms with E-state index in [1.807, 2.05) is 4.90 Å². The fourth-order valence-electron chi connectivity index (χ4n) is 4.39. The molecule has 1 saturated heterocycles. The zero-order chi connectivity index (χ0) is 20.6. The molecule has 0 radical (unpaired) electrons. The number of hydrogen-bond donors (Lipinski definition) is 2. The fraction of sp³-hybridized carbons (Fsp3) is 0.429. The maximum atomic E-state index is 12.8. The predicted molar refractivity (Wildman–Crippen MR) is 127 cm³/mol. The normalized spacial score (nSPS) is 17.7. The first-order chi connectivity index (χ1) is 14.6. The molecule has 1 atom stereocenters. The van der Waals surface area contributed by atoms with Crippen LogP contribution in [0.25, 0.3) is 10.6 Å². The number of fused-ring (bicyclic) bond motifs is 2. The summed E-state index contributed by atoms with van der Waals surface area (Å²) in [6.07, 6.45) is 11.5. The van der Waals surface area contributed by atoms with E-state index in [1.165, 1.54) is 10.4 Å². The van der Waals surface area contributed by atoms with Gasteiger partial charge in [0.2, 0.25) is 5.91 Å².